The lowest BCUT2D eigenvalue weighted by molar-refractivity contribution is 1.58. The summed E-state index contributed by atoms with van der Waals surface area (Å²) in [6, 6.07) is 74.4. The summed E-state index contributed by atoms with van der Waals surface area (Å²) in [6.07, 6.45) is 8.89. The molecule has 0 heterocycles. The van der Waals surface area contributed by atoms with Gasteiger partial charge in [0.2, 0.25) is 0 Å². The average molecular weight is 687 g/mol. The Morgan fingerprint density at radius 2 is 0.481 bits per heavy atom. The van der Waals surface area contributed by atoms with Crippen molar-refractivity contribution in [2.45, 2.75) is 0 Å². The van der Waals surface area contributed by atoms with Crippen LogP contribution in [0, 0.1) is 0 Å². The van der Waals surface area contributed by atoms with Crippen LogP contribution >= 0.6 is 0 Å². The SMILES string of the molecule is C(=Cc1cc(-c2ccccc2)cc(-c2c3ccccc3c(-c3cc(C=Cc4ccccc4)cc(-c4ccccc4)c3)c3ccccc23)c1)c1ccccc1. The van der Waals surface area contributed by atoms with E-state index in [1.54, 1.807) is 0 Å². The Hall–Kier alpha value is -7.02. The quantitative estimate of drug-likeness (QED) is 0.110. The lowest BCUT2D eigenvalue weighted by atomic mass is 9.84. The van der Waals surface area contributed by atoms with Gasteiger partial charge >= 0.3 is 0 Å². The van der Waals surface area contributed by atoms with Gasteiger partial charge in [-0.3, -0.25) is 0 Å². The molecule has 0 radical (unpaired) electrons. The largest absolute Gasteiger partial charge is 0.0622 e. The van der Waals surface area contributed by atoms with Gasteiger partial charge in [-0.25, -0.2) is 0 Å². The van der Waals surface area contributed by atoms with Crippen molar-refractivity contribution in [1.29, 1.82) is 0 Å². The maximum absolute atomic E-state index is 2.37. The Labute approximate surface area is 317 Å². The highest BCUT2D eigenvalue weighted by atomic mass is 14.2. The van der Waals surface area contributed by atoms with Gasteiger partial charge in [-0.05, 0) is 125 Å². The van der Waals surface area contributed by atoms with Gasteiger partial charge in [-0.15, -0.1) is 0 Å². The third-order valence-corrected chi connectivity index (χ3v) is 10.2. The van der Waals surface area contributed by atoms with Gasteiger partial charge in [-0.1, -0.05) is 194 Å². The number of rotatable bonds is 8. The van der Waals surface area contributed by atoms with Gasteiger partial charge in [-0.2, -0.15) is 0 Å². The number of hydrogen-bond acceptors (Lipinski definition) is 0. The van der Waals surface area contributed by atoms with Gasteiger partial charge in [0.1, 0.15) is 0 Å². The summed E-state index contributed by atoms with van der Waals surface area (Å²) in [5.74, 6) is 0. The predicted molar refractivity (Wildman–Crippen MR) is 234 cm³/mol. The Morgan fingerprint density at radius 1 is 0.204 bits per heavy atom. The van der Waals surface area contributed by atoms with E-state index < -0.39 is 0 Å². The number of fused-ring (bicyclic) bond motifs is 2. The zero-order chi connectivity index (χ0) is 36.1. The molecule has 9 rings (SSSR count). The molecule has 254 valence electrons. The normalized spacial score (nSPS) is 11.6. The Balaban J connectivity index is 1.29. The summed E-state index contributed by atoms with van der Waals surface area (Å²) in [5.41, 5.74) is 14.4. The van der Waals surface area contributed by atoms with Crippen molar-refractivity contribution in [2.75, 3.05) is 0 Å². The average Bonchev–Trinajstić information content (AvgIpc) is 3.25. The lowest BCUT2D eigenvalue weighted by Gasteiger charge is -2.19. The summed E-state index contributed by atoms with van der Waals surface area (Å²) in [5, 5.41) is 4.95. The Kier molecular flexibility index (Phi) is 9.07. The van der Waals surface area contributed by atoms with Crippen LogP contribution in [0.4, 0.5) is 0 Å². The van der Waals surface area contributed by atoms with E-state index in [-0.39, 0.29) is 0 Å². The zero-order valence-electron chi connectivity index (χ0n) is 29.9. The van der Waals surface area contributed by atoms with Crippen molar-refractivity contribution in [2.24, 2.45) is 0 Å². The van der Waals surface area contributed by atoms with Crippen LogP contribution in [0.1, 0.15) is 22.3 Å². The van der Waals surface area contributed by atoms with Crippen LogP contribution in [0.3, 0.4) is 0 Å². The summed E-state index contributed by atoms with van der Waals surface area (Å²) in [4.78, 5) is 0. The third kappa shape index (κ3) is 6.82. The fourth-order valence-corrected chi connectivity index (χ4v) is 7.64. The summed E-state index contributed by atoms with van der Waals surface area (Å²) in [7, 11) is 0. The Bertz CT molecular complexity index is 2520. The van der Waals surface area contributed by atoms with Crippen LogP contribution < -0.4 is 0 Å². The first kappa shape index (κ1) is 32.9. The molecule has 0 saturated carbocycles. The number of hydrogen-bond donors (Lipinski definition) is 0. The lowest BCUT2D eigenvalue weighted by Crippen LogP contribution is -1.93. The molecule has 0 fully saturated rings. The second kappa shape index (κ2) is 14.9. The molecule has 0 aliphatic carbocycles. The van der Waals surface area contributed by atoms with Crippen molar-refractivity contribution in [3.8, 4) is 44.5 Å². The fraction of sp³-hybridized carbons (Fsp3) is 0. The molecule has 0 aromatic heterocycles. The predicted octanol–water partition coefficient (Wildman–Crippen LogP) is 15.0. The van der Waals surface area contributed by atoms with Crippen molar-refractivity contribution in [3.05, 3.63) is 229 Å². The minimum Gasteiger partial charge on any atom is -0.0622 e. The van der Waals surface area contributed by atoms with E-state index in [4.69, 9.17) is 0 Å². The molecule has 0 N–H and O–H groups in total. The topological polar surface area (TPSA) is 0 Å². The number of benzene rings is 9. The highest BCUT2D eigenvalue weighted by Gasteiger charge is 2.18. The van der Waals surface area contributed by atoms with Crippen molar-refractivity contribution >= 4 is 45.8 Å². The summed E-state index contributed by atoms with van der Waals surface area (Å²) < 4.78 is 0. The molecule has 9 aromatic carbocycles. The van der Waals surface area contributed by atoms with E-state index >= 15 is 0 Å². The Morgan fingerprint density at radius 3 is 0.833 bits per heavy atom. The van der Waals surface area contributed by atoms with E-state index in [0.29, 0.717) is 0 Å². The summed E-state index contributed by atoms with van der Waals surface area (Å²) in [6.45, 7) is 0. The van der Waals surface area contributed by atoms with E-state index in [1.165, 1.54) is 77.2 Å². The van der Waals surface area contributed by atoms with Gasteiger partial charge in [0.05, 0.1) is 0 Å². The van der Waals surface area contributed by atoms with Crippen LogP contribution in [-0.4, -0.2) is 0 Å². The van der Waals surface area contributed by atoms with Gasteiger partial charge in [0.15, 0.2) is 0 Å². The van der Waals surface area contributed by atoms with E-state index in [1.807, 2.05) is 0 Å². The van der Waals surface area contributed by atoms with E-state index in [0.717, 1.165) is 11.1 Å². The molecular weight excluding hydrogens is 649 g/mol. The molecule has 9 aromatic rings. The smallest absolute Gasteiger partial charge is 0.00259 e. The molecule has 0 bridgehead atoms. The maximum atomic E-state index is 2.37. The first-order chi connectivity index (χ1) is 26.8. The molecule has 0 atom stereocenters. The standard InChI is InChI=1S/C54H38/c1-5-17-39(18-6-1)29-31-41-33-45(43-21-9-3-10-22-43)37-47(35-41)53-49-25-13-15-27-51(49)54(52-28-16-14-26-50(52)53)48-36-42(32-30-40-19-7-2-8-20-40)34-46(38-48)44-23-11-4-12-24-44/h1-38H. The second-order valence-electron chi connectivity index (χ2n) is 13.7. The molecule has 0 aliphatic rings. The fourth-order valence-electron chi connectivity index (χ4n) is 7.64. The van der Waals surface area contributed by atoms with Crippen LogP contribution in [0.25, 0.3) is 90.4 Å². The first-order valence-electron chi connectivity index (χ1n) is 18.6. The van der Waals surface area contributed by atoms with Crippen molar-refractivity contribution < 1.29 is 0 Å². The molecule has 0 aliphatic heterocycles. The minimum absolute atomic E-state index is 1.16. The maximum Gasteiger partial charge on any atom is -0.00259 e. The zero-order valence-corrected chi connectivity index (χ0v) is 29.9. The molecule has 0 saturated heterocycles. The van der Waals surface area contributed by atoms with Crippen LogP contribution in [-0.2, 0) is 0 Å². The van der Waals surface area contributed by atoms with Gasteiger partial charge in [0.25, 0.3) is 0 Å². The first-order valence-corrected chi connectivity index (χ1v) is 18.6. The second-order valence-corrected chi connectivity index (χ2v) is 13.7. The van der Waals surface area contributed by atoms with Gasteiger partial charge in [0, 0.05) is 0 Å². The van der Waals surface area contributed by atoms with E-state index in [9.17, 15) is 0 Å². The molecular formula is C54H38. The van der Waals surface area contributed by atoms with Crippen molar-refractivity contribution in [1.82, 2.24) is 0 Å². The molecule has 0 spiro atoms. The van der Waals surface area contributed by atoms with Crippen LogP contribution in [0.5, 0.6) is 0 Å². The van der Waals surface area contributed by atoms with E-state index in [2.05, 4.69) is 231 Å². The van der Waals surface area contributed by atoms with Crippen LogP contribution in [0.15, 0.2) is 206 Å². The monoisotopic (exact) mass is 686 g/mol. The molecule has 0 nitrogen and oxygen atoms in total. The van der Waals surface area contributed by atoms with Crippen molar-refractivity contribution in [3.63, 3.8) is 0 Å². The molecule has 0 heteroatoms. The van der Waals surface area contributed by atoms with Gasteiger partial charge < -0.3 is 0 Å². The molecule has 0 amide bonds. The van der Waals surface area contributed by atoms with Crippen LogP contribution in [0.2, 0.25) is 0 Å². The molecule has 54 heavy (non-hydrogen) atoms. The minimum atomic E-state index is 1.16. The highest BCUT2D eigenvalue weighted by molar-refractivity contribution is 6.21. The summed E-state index contributed by atoms with van der Waals surface area (Å²) >= 11 is 0. The highest BCUT2D eigenvalue weighted by Crippen LogP contribution is 2.45. The molecule has 0 unspecified atom stereocenters. The third-order valence-electron chi connectivity index (χ3n) is 10.2.